The van der Waals surface area contributed by atoms with Crippen molar-refractivity contribution in [2.24, 2.45) is 0 Å². The first-order chi connectivity index (χ1) is 18.5. The molecule has 0 atom stereocenters. The number of thioether (sulfide) groups is 1. The van der Waals surface area contributed by atoms with E-state index >= 15 is 0 Å². The van der Waals surface area contributed by atoms with E-state index in [2.05, 4.69) is 104 Å². The third-order valence-corrected chi connectivity index (χ3v) is 7.16. The van der Waals surface area contributed by atoms with Crippen LogP contribution in [0.25, 0.3) is 27.4 Å². The van der Waals surface area contributed by atoms with Gasteiger partial charge >= 0.3 is 0 Å². The minimum Gasteiger partial charge on any atom is -0.347 e. The number of nitrogens with zero attached hydrogens (tertiary/aromatic N) is 1. The Hall–Kier alpha value is -2.27. The van der Waals surface area contributed by atoms with Gasteiger partial charge in [0.1, 0.15) is 4.70 Å². The van der Waals surface area contributed by atoms with E-state index in [1.807, 2.05) is 51.6 Å². The second kappa shape index (κ2) is 19.7. The number of aryl methyl sites for hydroxylation is 1. The summed E-state index contributed by atoms with van der Waals surface area (Å²) in [5.74, 6) is 1.15. The third kappa shape index (κ3) is 10.8. The molecule has 1 heterocycles. The molecule has 0 aliphatic rings. The lowest BCUT2D eigenvalue weighted by Gasteiger charge is -2.23. The van der Waals surface area contributed by atoms with Gasteiger partial charge in [0, 0.05) is 35.6 Å². The van der Waals surface area contributed by atoms with Crippen molar-refractivity contribution in [2.75, 3.05) is 23.5 Å². The molecule has 4 rings (SSSR count). The van der Waals surface area contributed by atoms with E-state index in [0.29, 0.717) is 0 Å². The number of thiazole rings is 1. The van der Waals surface area contributed by atoms with Crippen LogP contribution in [0.2, 0.25) is 5.02 Å². The number of H-pyrrole nitrogens is 1. The second-order valence-electron chi connectivity index (χ2n) is 8.16. The molecule has 0 radical (unpaired) electrons. The smallest absolute Gasteiger partial charge is 0.262 e. The summed E-state index contributed by atoms with van der Waals surface area (Å²) in [4.78, 5) is 5.86. The van der Waals surface area contributed by atoms with E-state index in [0.717, 1.165) is 34.3 Å². The molecular formula is C33H46ClN2S2+. The molecule has 0 spiro atoms. The number of anilines is 1. The Labute approximate surface area is 245 Å². The van der Waals surface area contributed by atoms with Crippen molar-refractivity contribution in [3.63, 3.8) is 0 Å². The number of nitrogens with one attached hydrogen (secondary N) is 1. The van der Waals surface area contributed by atoms with Crippen LogP contribution in [0.3, 0.4) is 0 Å². The molecule has 1 aromatic heterocycles. The molecule has 3 aromatic carbocycles. The van der Waals surface area contributed by atoms with Gasteiger partial charge in [0.2, 0.25) is 5.52 Å². The van der Waals surface area contributed by atoms with E-state index < -0.39 is 0 Å². The first-order valence-electron chi connectivity index (χ1n) is 13.8. The summed E-state index contributed by atoms with van der Waals surface area (Å²) < 4.78 is 1.21. The number of halogens is 1. The molecule has 1 N–H and O–H groups in total. The lowest BCUT2D eigenvalue weighted by Crippen LogP contribution is -2.19. The van der Waals surface area contributed by atoms with E-state index in [4.69, 9.17) is 11.6 Å². The van der Waals surface area contributed by atoms with Gasteiger partial charge in [-0.25, -0.2) is 0 Å². The van der Waals surface area contributed by atoms with Gasteiger partial charge in [-0.3, -0.25) is 0 Å². The highest BCUT2D eigenvalue weighted by atomic mass is 35.5. The molecule has 0 aliphatic carbocycles. The predicted octanol–water partition coefficient (Wildman–Crippen LogP) is 11.0. The molecule has 2 nitrogen and oxygen atoms in total. The van der Waals surface area contributed by atoms with Crippen molar-refractivity contribution in [1.82, 2.24) is 0 Å². The van der Waals surface area contributed by atoms with Gasteiger partial charge in [-0.1, -0.05) is 113 Å². The molecule has 0 amide bonds. The van der Waals surface area contributed by atoms with Crippen molar-refractivity contribution in [3.05, 3.63) is 88.5 Å². The molecule has 38 heavy (non-hydrogen) atoms. The summed E-state index contributed by atoms with van der Waals surface area (Å²) in [6.07, 6.45) is 8.93. The molecule has 0 saturated heterocycles. The van der Waals surface area contributed by atoms with Crippen molar-refractivity contribution in [3.8, 4) is 11.1 Å². The maximum Gasteiger partial charge on any atom is 0.262 e. The van der Waals surface area contributed by atoms with Crippen molar-refractivity contribution < 1.29 is 4.98 Å². The van der Waals surface area contributed by atoms with Crippen LogP contribution in [0.15, 0.2) is 72.9 Å². The van der Waals surface area contributed by atoms with Gasteiger partial charge in [0.25, 0.3) is 5.01 Å². The Balaban J connectivity index is 0.000000944. The highest BCUT2D eigenvalue weighted by Crippen LogP contribution is 2.29. The Bertz CT molecular complexity index is 1200. The van der Waals surface area contributed by atoms with E-state index in [1.54, 1.807) is 11.3 Å². The Kier molecular flexibility index (Phi) is 17.5. The van der Waals surface area contributed by atoms with Crippen LogP contribution in [-0.4, -0.2) is 18.6 Å². The monoisotopic (exact) mass is 569 g/mol. The molecule has 0 unspecified atom stereocenters. The molecule has 0 fully saturated rings. The van der Waals surface area contributed by atoms with Gasteiger partial charge in [-0.05, 0) is 60.2 Å². The summed E-state index contributed by atoms with van der Waals surface area (Å²) in [7, 11) is 0. The number of hydrogen-bond acceptors (Lipinski definition) is 3. The van der Waals surface area contributed by atoms with Crippen LogP contribution in [0.1, 0.15) is 65.0 Å². The molecule has 4 aromatic rings. The van der Waals surface area contributed by atoms with E-state index in [1.165, 1.54) is 33.5 Å². The topological polar surface area (TPSA) is 17.4 Å². The van der Waals surface area contributed by atoms with E-state index in [9.17, 15) is 0 Å². The maximum atomic E-state index is 6.15. The summed E-state index contributed by atoms with van der Waals surface area (Å²) in [5.41, 5.74) is 6.09. The van der Waals surface area contributed by atoms with Crippen LogP contribution < -0.4 is 9.88 Å². The second-order valence-corrected chi connectivity index (χ2v) is 10.7. The van der Waals surface area contributed by atoms with Crippen LogP contribution in [0, 0.1) is 6.92 Å². The highest BCUT2D eigenvalue weighted by Gasteiger charge is 2.12. The molecule has 5 heteroatoms. The first kappa shape index (κ1) is 33.8. The minimum atomic E-state index is 0.754. The van der Waals surface area contributed by atoms with Crippen molar-refractivity contribution >= 4 is 56.7 Å². The summed E-state index contributed by atoms with van der Waals surface area (Å²) in [6, 6.07) is 23.3. The number of hydrogen-bond donors (Lipinski definition) is 0. The van der Waals surface area contributed by atoms with Gasteiger partial charge < -0.3 is 4.90 Å². The summed E-state index contributed by atoms with van der Waals surface area (Å²) in [6.45, 7) is 15.4. The number of rotatable bonds is 8. The third-order valence-electron chi connectivity index (χ3n) is 5.20. The lowest BCUT2D eigenvalue weighted by molar-refractivity contribution is -0.340. The minimum absolute atomic E-state index is 0.754. The Morgan fingerprint density at radius 2 is 1.61 bits per heavy atom. The molecule has 0 bridgehead atoms. The van der Waals surface area contributed by atoms with Gasteiger partial charge in [-0.2, -0.15) is 16.7 Å². The highest BCUT2D eigenvalue weighted by molar-refractivity contribution is 7.98. The summed E-state index contributed by atoms with van der Waals surface area (Å²) in [5, 5.41) is 1.87. The molecule has 0 saturated carbocycles. The largest absolute Gasteiger partial charge is 0.347 e. The first-order valence-corrected chi connectivity index (χ1v) is 16.4. The normalized spacial score (nSPS) is 10.1. The number of aromatic nitrogens is 1. The maximum absolute atomic E-state index is 6.15. The van der Waals surface area contributed by atoms with Gasteiger partial charge in [-0.15, -0.1) is 0 Å². The average Bonchev–Trinajstić information content (AvgIpc) is 3.36. The zero-order valence-electron chi connectivity index (χ0n) is 24.5. The van der Waals surface area contributed by atoms with Crippen LogP contribution in [0.5, 0.6) is 0 Å². The Morgan fingerprint density at radius 1 is 0.921 bits per heavy atom. The fourth-order valence-corrected chi connectivity index (χ4v) is 5.06. The van der Waals surface area contributed by atoms with Crippen molar-refractivity contribution in [2.45, 2.75) is 61.3 Å². The van der Waals surface area contributed by atoms with Gasteiger partial charge in [0.15, 0.2) is 0 Å². The summed E-state index contributed by atoms with van der Waals surface area (Å²) >= 11 is 9.78. The predicted molar refractivity (Wildman–Crippen MR) is 178 cm³/mol. The number of benzene rings is 3. The van der Waals surface area contributed by atoms with Gasteiger partial charge in [0.05, 0.1) is 0 Å². The fourth-order valence-electron chi connectivity index (χ4n) is 3.58. The standard InChI is InChI=1S/C26H25ClN2S2.C3H8.2C2H6/c1-19-9-10-21(20-7-4-3-5-8-20)17-24(19)29(14-6-16-30-2)15-13-26-28-23-18-22(27)11-12-25(23)31-26;1-3-2;2*1-2/h3-5,7-13,15,17-18H,6,14,16H2,1-2H3;3H2,1-2H3;2*1-2H3/p+1/b15-13+;;;. The van der Waals surface area contributed by atoms with Crippen LogP contribution in [0.4, 0.5) is 5.69 Å². The zero-order valence-corrected chi connectivity index (χ0v) is 26.9. The zero-order chi connectivity index (χ0) is 28.3. The number of aromatic amines is 1. The van der Waals surface area contributed by atoms with Crippen molar-refractivity contribution in [1.29, 1.82) is 0 Å². The van der Waals surface area contributed by atoms with Crippen LogP contribution in [-0.2, 0) is 0 Å². The fraction of sp³-hybridized carbons (Fsp3) is 0.364. The SMILES string of the molecule is CC.CC.CCC.CSCCCN(/C=C/c1[nH+]c2cc(Cl)ccc2s1)c1cc(-c2ccccc2)ccc1C. The van der Waals surface area contributed by atoms with Crippen LogP contribution >= 0.6 is 34.7 Å². The quantitative estimate of drug-likeness (QED) is 0.196. The molecular weight excluding hydrogens is 524 g/mol. The molecule has 206 valence electrons. The molecule has 0 aliphatic heterocycles. The average molecular weight is 570 g/mol. The Morgan fingerprint density at radius 3 is 2.26 bits per heavy atom. The lowest BCUT2D eigenvalue weighted by atomic mass is 10.0. The number of fused-ring (bicyclic) bond motifs is 1. The van der Waals surface area contributed by atoms with E-state index in [-0.39, 0.29) is 0 Å².